The van der Waals surface area contributed by atoms with Gasteiger partial charge in [-0.1, -0.05) is 12.1 Å². The van der Waals surface area contributed by atoms with Crippen molar-refractivity contribution in [1.29, 1.82) is 0 Å². The Balaban J connectivity index is 1.54. The SMILES string of the molecule is COC(=O)c1ccccc1Nc1ccc(C(=O)NCCN2CCOCC2)cn1. The Hall–Kier alpha value is -2.97. The monoisotopic (exact) mass is 384 g/mol. The van der Waals surface area contributed by atoms with Gasteiger partial charge in [-0.2, -0.15) is 0 Å². The number of carbonyl (C=O) groups excluding carboxylic acids is 2. The standard InChI is InChI=1S/C20H24N4O4/c1-27-20(26)16-4-2-3-5-17(16)23-18-7-6-15(14-22-18)19(25)21-8-9-24-10-12-28-13-11-24/h2-7,14H,8-13H2,1H3,(H,21,25)(H,22,23). The van der Waals surface area contributed by atoms with E-state index < -0.39 is 5.97 Å². The first-order chi connectivity index (χ1) is 13.7. The molecule has 0 spiro atoms. The van der Waals surface area contributed by atoms with Gasteiger partial charge in [-0.25, -0.2) is 9.78 Å². The number of rotatable bonds is 7. The highest BCUT2D eigenvalue weighted by atomic mass is 16.5. The lowest BCUT2D eigenvalue weighted by Crippen LogP contribution is -2.41. The first kappa shape index (κ1) is 19.8. The highest BCUT2D eigenvalue weighted by Gasteiger charge is 2.13. The lowest BCUT2D eigenvalue weighted by molar-refractivity contribution is 0.0383. The predicted octanol–water partition coefficient (Wildman–Crippen LogP) is 1.67. The number of nitrogens with zero attached hydrogens (tertiary/aromatic N) is 2. The number of esters is 1. The van der Waals surface area contributed by atoms with Crippen molar-refractivity contribution in [3.8, 4) is 0 Å². The molecule has 148 valence electrons. The normalized spacial score (nSPS) is 14.3. The van der Waals surface area contributed by atoms with Crippen LogP contribution in [0.2, 0.25) is 0 Å². The van der Waals surface area contributed by atoms with Gasteiger partial charge in [0.2, 0.25) is 0 Å². The molecule has 0 bridgehead atoms. The molecule has 0 atom stereocenters. The summed E-state index contributed by atoms with van der Waals surface area (Å²) in [5.41, 5.74) is 1.48. The van der Waals surface area contributed by atoms with Gasteiger partial charge in [0.05, 0.1) is 37.1 Å². The van der Waals surface area contributed by atoms with Crippen molar-refractivity contribution in [3.63, 3.8) is 0 Å². The molecule has 2 N–H and O–H groups in total. The van der Waals surface area contributed by atoms with Crippen molar-refractivity contribution >= 4 is 23.4 Å². The summed E-state index contributed by atoms with van der Waals surface area (Å²) in [6.45, 7) is 4.64. The number of benzene rings is 1. The number of nitrogens with one attached hydrogen (secondary N) is 2. The summed E-state index contributed by atoms with van der Waals surface area (Å²) in [6.07, 6.45) is 1.51. The number of hydrogen-bond acceptors (Lipinski definition) is 7. The fraction of sp³-hybridized carbons (Fsp3) is 0.350. The Morgan fingerprint density at radius 1 is 1.18 bits per heavy atom. The van der Waals surface area contributed by atoms with Crippen LogP contribution in [0.1, 0.15) is 20.7 Å². The van der Waals surface area contributed by atoms with Crippen molar-refractivity contribution in [2.45, 2.75) is 0 Å². The summed E-state index contributed by atoms with van der Waals surface area (Å²) in [5, 5.41) is 5.98. The highest BCUT2D eigenvalue weighted by molar-refractivity contribution is 5.96. The molecule has 0 unspecified atom stereocenters. The highest BCUT2D eigenvalue weighted by Crippen LogP contribution is 2.20. The minimum atomic E-state index is -0.431. The average Bonchev–Trinajstić information content (AvgIpc) is 2.75. The molecule has 2 heterocycles. The smallest absolute Gasteiger partial charge is 0.339 e. The molecule has 1 aliphatic rings. The molecule has 8 nitrogen and oxygen atoms in total. The van der Waals surface area contributed by atoms with E-state index in [4.69, 9.17) is 9.47 Å². The lowest BCUT2D eigenvalue weighted by atomic mass is 10.2. The van der Waals surface area contributed by atoms with Crippen LogP contribution in [-0.2, 0) is 9.47 Å². The van der Waals surface area contributed by atoms with Crippen molar-refractivity contribution in [2.24, 2.45) is 0 Å². The zero-order valence-corrected chi connectivity index (χ0v) is 15.8. The van der Waals surface area contributed by atoms with Gasteiger partial charge in [0.1, 0.15) is 5.82 Å². The maximum absolute atomic E-state index is 12.3. The van der Waals surface area contributed by atoms with Gasteiger partial charge >= 0.3 is 5.97 Å². The molecule has 1 amide bonds. The molecular weight excluding hydrogens is 360 g/mol. The maximum atomic E-state index is 12.3. The molecular formula is C20H24N4O4. The molecule has 8 heteroatoms. The van der Waals surface area contributed by atoms with Crippen LogP contribution in [0.15, 0.2) is 42.6 Å². The molecule has 1 fully saturated rings. The fourth-order valence-electron chi connectivity index (χ4n) is 2.87. The van der Waals surface area contributed by atoms with E-state index in [0.717, 1.165) is 32.8 Å². The molecule has 3 rings (SSSR count). The van der Waals surface area contributed by atoms with Gasteiger partial charge in [0.25, 0.3) is 5.91 Å². The Labute approximate surface area is 163 Å². The number of morpholine rings is 1. The Morgan fingerprint density at radius 3 is 2.68 bits per heavy atom. The van der Waals surface area contributed by atoms with E-state index in [1.165, 1.54) is 13.3 Å². The Bertz CT molecular complexity index is 804. The molecule has 1 saturated heterocycles. The van der Waals surface area contributed by atoms with Gasteiger partial charge in [0, 0.05) is 32.4 Å². The second-order valence-electron chi connectivity index (χ2n) is 6.30. The fourth-order valence-corrected chi connectivity index (χ4v) is 2.87. The summed E-state index contributed by atoms with van der Waals surface area (Å²) >= 11 is 0. The van der Waals surface area contributed by atoms with Gasteiger partial charge in [-0.15, -0.1) is 0 Å². The van der Waals surface area contributed by atoms with Crippen LogP contribution in [-0.4, -0.2) is 68.3 Å². The number of carbonyl (C=O) groups is 2. The molecule has 0 aliphatic carbocycles. The number of methoxy groups -OCH3 is 1. The van der Waals surface area contributed by atoms with E-state index in [1.54, 1.807) is 30.3 Å². The summed E-state index contributed by atoms with van der Waals surface area (Å²) in [6, 6.07) is 10.4. The lowest BCUT2D eigenvalue weighted by Gasteiger charge is -2.26. The van der Waals surface area contributed by atoms with E-state index in [1.807, 2.05) is 6.07 Å². The summed E-state index contributed by atoms with van der Waals surface area (Å²) in [4.78, 5) is 30.6. The third-order valence-electron chi connectivity index (χ3n) is 4.44. The zero-order valence-electron chi connectivity index (χ0n) is 15.8. The van der Waals surface area contributed by atoms with Crippen molar-refractivity contribution in [3.05, 3.63) is 53.7 Å². The topological polar surface area (TPSA) is 92.8 Å². The van der Waals surface area contributed by atoms with E-state index in [-0.39, 0.29) is 5.91 Å². The Kier molecular flexibility index (Phi) is 6.94. The molecule has 1 aromatic heterocycles. The van der Waals surface area contributed by atoms with Crippen molar-refractivity contribution in [2.75, 3.05) is 51.8 Å². The first-order valence-electron chi connectivity index (χ1n) is 9.16. The molecule has 0 radical (unpaired) electrons. The quantitative estimate of drug-likeness (QED) is 0.702. The summed E-state index contributed by atoms with van der Waals surface area (Å²) < 4.78 is 10.1. The van der Waals surface area contributed by atoms with Crippen molar-refractivity contribution in [1.82, 2.24) is 15.2 Å². The molecule has 28 heavy (non-hydrogen) atoms. The van der Waals surface area contributed by atoms with Gasteiger partial charge in [0.15, 0.2) is 0 Å². The zero-order chi connectivity index (χ0) is 19.8. The molecule has 1 aliphatic heterocycles. The van der Waals surface area contributed by atoms with Gasteiger partial charge < -0.3 is 20.1 Å². The number of amides is 1. The van der Waals surface area contributed by atoms with Crippen LogP contribution in [0.3, 0.4) is 0 Å². The number of anilines is 2. The van der Waals surface area contributed by atoms with E-state index in [9.17, 15) is 9.59 Å². The second-order valence-corrected chi connectivity index (χ2v) is 6.30. The first-order valence-corrected chi connectivity index (χ1v) is 9.16. The third kappa shape index (κ3) is 5.28. The summed E-state index contributed by atoms with van der Waals surface area (Å²) in [5.74, 6) is -0.0668. The van der Waals surface area contributed by atoms with E-state index in [0.29, 0.717) is 29.2 Å². The number of pyridine rings is 1. The van der Waals surface area contributed by atoms with Gasteiger partial charge in [-0.05, 0) is 24.3 Å². The largest absolute Gasteiger partial charge is 0.465 e. The van der Waals surface area contributed by atoms with Crippen LogP contribution in [0.4, 0.5) is 11.5 Å². The van der Waals surface area contributed by atoms with Gasteiger partial charge in [-0.3, -0.25) is 9.69 Å². The minimum absolute atomic E-state index is 0.165. The molecule has 1 aromatic carbocycles. The van der Waals surface area contributed by atoms with Crippen LogP contribution < -0.4 is 10.6 Å². The van der Waals surface area contributed by atoms with Crippen LogP contribution in [0.25, 0.3) is 0 Å². The number of ether oxygens (including phenoxy) is 2. The van der Waals surface area contributed by atoms with E-state index >= 15 is 0 Å². The van der Waals surface area contributed by atoms with Crippen molar-refractivity contribution < 1.29 is 19.1 Å². The van der Waals surface area contributed by atoms with Crippen LogP contribution >= 0.6 is 0 Å². The number of hydrogen-bond donors (Lipinski definition) is 2. The van der Waals surface area contributed by atoms with E-state index in [2.05, 4.69) is 20.5 Å². The van der Waals surface area contributed by atoms with Crippen LogP contribution in [0, 0.1) is 0 Å². The number of aromatic nitrogens is 1. The molecule has 2 aromatic rings. The predicted molar refractivity (Wildman–Crippen MR) is 105 cm³/mol. The maximum Gasteiger partial charge on any atom is 0.339 e. The minimum Gasteiger partial charge on any atom is -0.465 e. The third-order valence-corrected chi connectivity index (χ3v) is 4.44. The molecule has 0 saturated carbocycles. The average molecular weight is 384 g/mol. The second kappa shape index (κ2) is 9.82. The number of para-hydroxylation sites is 1. The van der Waals surface area contributed by atoms with Crippen LogP contribution in [0.5, 0.6) is 0 Å². The Morgan fingerprint density at radius 2 is 1.96 bits per heavy atom. The summed E-state index contributed by atoms with van der Waals surface area (Å²) in [7, 11) is 1.34.